The van der Waals surface area contributed by atoms with Crippen LogP contribution in [0.3, 0.4) is 0 Å². The number of benzene rings is 2. The van der Waals surface area contributed by atoms with Crippen molar-refractivity contribution in [1.82, 2.24) is 10.6 Å². The van der Waals surface area contributed by atoms with Crippen LogP contribution in [0.1, 0.15) is 31.8 Å². The van der Waals surface area contributed by atoms with E-state index in [1.807, 2.05) is 19.1 Å². The summed E-state index contributed by atoms with van der Waals surface area (Å²) >= 11 is 0. The van der Waals surface area contributed by atoms with Crippen molar-refractivity contribution in [3.8, 4) is 0 Å². The van der Waals surface area contributed by atoms with Gasteiger partial charge in [-0.25, -0.2) is 0 Å². The van der Waals surface area contributed by atoms with Crippen LogP contribution in [0.2, 0.25) is 0 Å². The Morgan fingerprint density at radius 3 is 2.63 bits per heavy atom. The molecule has 6 nitrogen and oxygen atoms in total. The molecule has 2 N–H and O–H groups in total. The molecule has 0 bridgehead atoms. The number of nitrogens with one attached hydrogen (secondary N) is 2. The maximum Gasteiger partial charge on any atom is 0.252 e. The van der Waals surface area contributed by atoms with E-state index in [1.165, 1.54) is 0 Å². The van der Waals surface area contributed by atoms with Crippen LogP contribution in [0.5, 0.6) is 0 Å². The summed E-state index contributed by atoms with van der Waals surface area (Å²) in [7, 11) is 0. The fraction of sp³-hybridized carbons (Fsp3) is 0.286. The van der Waals surface area contributed by atoms with Crippen LogP contribution >= 0.6 is 0 Å². The second-order valence-electron chi connectivity index (χ2n) is 6.91. The zero-order valence-corrected chi connectivity index (χ0v) is 15.1. The molecule has 6 heteroatoms. The van der Waals surface area contributed by atoms with Crippen LogP contribution in [0.4, 0.5) is 0 Å². The van der Waals surface area contributed by atoms with E-state index in [4.69, 9.17) is 4.84 Å². The SMILES string of the molecule is Cc1ccc(C(=O)c2ccccc2C(=O)NCC2=NOC3CNCC23)cc1. The summed E-state index contributed by atoms with van der Waals surface area (Å²) in [6.45, 7) is 3.87. The molecule has 2 heterocycles. The van der Waals surface area contributed by atoms with Crippen LogP contribution in [0.15, 0.2) is 53.7 Å². The molecule has 1 saturated heterocycles. The number of hydrogen-bond donors (Lipinski definition) is 2. The number of hydrogen-bond acceptors (Lipinski definition) is 5. The lowest BCUT2D eigenvalue weighted by Gasteiger charge is -2.11. The van der Waals surface area contributed by atoms with Gasteiger partial charge < -0.3 is 15.5 Å². The summed E-state index contributed by atoms with van der Waals surface area (Å²) in [6.07, 6.45) is 0.0623. The number of carbonyl (C=O) groups is 2. The third kappa shape index (κ3) is 3.48. The molecule has 0 radical (unpaired) electrons. The van der Waals surface area contributed by atoms with Gasteiger partial charge in [0, 0.05) is 24.2 Å². The molecule has 27 heavy (non-hydrogen) atoms. The van der Waals surface area contributed by atoms with Crippen molar-refractivity contribution in [2.45, 2.75) is 13.0 Å². The average molecular weight is 363 g/mol. The Hall–Kier alpha value is -2.99. The molecular weight excluding hydrogens is 342 g/mol. The molecule has 2 atom stereocenters. The van der Waals surface area contributed by atoms with Crippen LogP contribution in [0, 0.1) is 12.8 Å². The van der Waals surface area contributed by atoms with Gasteiger partial charge >= 0.3 is 0 Å². The van der Waals surface area contributed by atoms with Crippen molar-refractivity contribution >= 4 is 17.4 Å². The molecule has 2 aromatic carbocycles. The number of amides is 1. The van der Waals surface area contributed by atoms with E-state index in [2.05, 4.69) is 15.8 Å². The van der Waals surface area contributed by atoms with Crippen molar-refractivity contribution in [3.05, 3.63) is 70.8 Å². The third-order valence-corrected chi connectivity index (χ3v) is 5.05. The first-order valence-corrected chi connectivity index (χ1v) is 9.05. The molecule has 2 aliphatic heterocycles. The summed E-state index contributed by atoms with van der Waals surface area (Å²) in [4.78, 5) is 31.0. The van der Waals surface area contributed by atoms with Crippen LogP contribution in [-0.2, 0) is 4.84 Å². The minimum atomic E-state index is -0.289. The lowest BCUT2D eigenvalue weighted by molar-refractivity contribution is 0.0841. The van der Waals surface area contributed by atoms with Crippen LogP contribution < -0.4 is 10.6 Å². The van der Waals surface area contributed by atoms with Gasteiger partial charge in [-0.1, -0.05) is 53.2 Å². The lowest BCUT2D eigenvalue weighted by atomic mass is 9.97. The molecule has 0 aliphatic carbocycles. The highest BCUT2D eigenvalue weighted by molar-refractivity contribution is 6.15. The highest BCUT2D eigenvalue weighted by Crippen LogP contribution is 2.21. The molecule has 0 saturated carbocycles. The monoisotopic (exact) mass is 363 g/mol. The summed E-state index contributed by atoms with van der Waals surface area (Å²) < 4.78 is 0. The second kappa shape index (κ2) is 7.32. The van der Waals surface area contributed by atoms with Crippen molar-refractivity contribution in [1.29, 1.82) is 0 Å². The minimum Gasteiger partial charge on any atom is -0.390 e. The zero-order valence-electron chi connectivity index (χ0n) is 15.1. The Balaban J connectivity index is 1.49. The molecular formula is C21H21N3O3. The van der Waals surface area contributed by atoms with Gasteiger partial charge in [-0.15, -0.1) is 0 Å². The average Bonchev–Trinajstić information content (AvgIpc) is 3.30. The Kier molecular flexibility index (Phi) is 4.73. The molecule has 0 spiro atoms. The van der Waals surface area contributed by atoms with E-state index < -0.39 is 0 Å². The van der Waals surface area contributed by atoms with Gasteiger partial charge in [0.25, 0.3) is 5.91 Å². The summed E-state index contributed by atoms with van der Waals surface area (Å²) in [6, 6.07) is 14.2. The van der Waals surface area contributed by atoms with Crippen molar-refractivity contribution in [2.75, 3.05) is 19.6 Å². The quantitative estimate of drug-likeness (QED) is 0.796. The predicted molar refractivity (Wildman–Crippen MR) is 102 cm³/mol. The fourth-order valence-electron chi connectivity index (χ4n) is 3.47. The predicted octanol–water partition coefficient (Wildman–Crippen LogP) is 1.93. The van der Waals surface area contributed by atoms with Gasteiger partial charge in [-0.05, 0) is 13.0 Å². The Morgan fingerprint density at radius 1 is 1.11 bits per heavy atom. The maximum absolute atomic E-state index is 12.9. The van der Waals surface area contributed by atoms with Gasteiger partial charge in [0.05, 0.1) is 23.7 Å². The van der Waals surface area contributed by atoms with Gasteiger partial charge in [-0.2, -0.15) is 0 Å². The topological polar surface area (TPSA) is 79.8 Å². The Labute approximate surface area is 157 Å². The molecule has 2 aromatic rings. The molecule has 0 aromatic heterocycles. The van der Waals surface area contributed by atoms with Gasteiger partial charge in [0.15, 0.2) is 5.78 Å². The van der Waals surface area contributed by atoms with E-state index >= 15 is 0 Å². The van der Waals surface area contributed by atoms with Crippen molar-refractivity contribution in [3.63, 3.8) is 0 Å². The number of oxime groups is 1. The highest BCUT2D eigenvalue weighted by Gasteiger charge is 2.37. The number of fused-ring (bicyclic) bond motifs is 1. The number of ketones is 1. The van der Waals surface area contributed by atoms with E-state index in [1.54, 1.807) is 36.4 Å². The maximum atomic E-state index is 12.9. The smallest absolute Gasteiger partial charge is 0.252 e. The van der Waals surface area contributed by atoms with Crippen LogP contribution in [-0.4, -0.2) is 43.1 Å². The van der Waals surface area contributed by atoms with Crippen molar-refractivity contribution < 1.29 is 14.4 Å². The molecule has 2 unspecified atom stereocenters. The fourth-order valence-corrected chi connectivity index (χ4v) is 3.47. The molecule has 4 rings (SSSR count). The van der Waals surface area contributed by atoms with Gasteiger partial charge in [-0.3, -0.25) is 9.59 Å². The third-order valence-electron chi connectivity index (χ3n) is 5.05. The van der Waals surface area contributed by atoms with E-state index in [9.17, 15) is 9.59 Å². The first kappa shape index (κ1) is 17.4. The zero-order chi connectivity index (χ0) is 18.8. The van der Waals surface area contributed by atoms with E-state index in [0.29, 0.717) is 23.2 Å². The van der Waals surface area contributed by atoms with E-state index in [-0.39, 0.29) is 23.7 Å². The molecule has 1 amide bonds. The molecule has 2 aliphatic rings. The van der Waals surface area contributed by atoms with Gasteiger partial charge in [0.2, 0.25) is 0 Å². The Morgan fingerprint density at radius 2 is 1.85 bits per heavy atom. The molecule has 1 fully saturated rings. The highest BCUT2D eigenvalue weighted by atomic mass is 16.6. The van der Waals surface area contributed by atoms with E-state index in [0.717, 1.165) is 24.4 Å². The largest absolute Gasteiger partial charge is 0.390 e. The van der Waals surface area contributed by atoms with Crippen LogP contribution in [0.25, 0.3) is 0 Å². The first-order chi connectivity index (χ1) is 13.1. The summed E-state index contributed by atoms with van der Waals surface area (Å²) in [5, 5.41) is 10.2. The Bertz CT molecular complexity index is 905. The normalized spacial score (nSPS) is 20.6. The summed E-state index contributed by atoms with van der Waals surface area (Å²) in [5.74, 6) is -0.250. The van der Waals surface area contributed by atoms with Gasteiger partial charge in [0.1, 0.15) is 6.10 Å². The standard InChI is InChI=1S/C21H21N3O3/c1-13-6-8-14(9-7-13)20(25)15-4-2-3-5-16(15)21(26)23-11-18-17-10-22-12-19(17)27-24-18/h2-9,17,19,22H,10-12H2,1H3,(H,23,26). The number of carbonyl (C=O) groups excluding carboxylic acids is 2. The summed E-state index contributed by atoms with van der Waals surface area (Å²) in [5.41, 5.74) is 3.24. The first-order valence-electron chi connectivity index (χ1n) is 9.05. The molecule has 138 valence electrons. The number of aryl methyl sites for hydroxylation is 1. The minimum absolute atomic E-state index is 0.0623. The lowest BCUT2D eigenvalue weighted by Crippen LogP contribution is -2.35. The number of nitrogens with zero attached hydrogens (tertiary/aromatic N) is 1. The number of rotatable bonds is 5. The second-order valence-corrected chi connectivity index (χ2v) is 6.91. The van der Waals surface area contributed by atoms with Crippen molar-refractivity contribution in [2.24, 2.45) is 11.1 Å².